The summed E-state index contributed by atoms with van der Waals surface area (Å²) in [7, 11) is 0. The first-order valence-corrected chi connectivity index (χ1v) is 7.80. The molecule has 2 N–H and O–H groups in total. The topological polar surface area (TPSA) is 92.2 Å². The first-order valence-electron chi connectivity index (χ1n) is 7.80. The van der Waals surface area contributed by atoms with E-state index in [2.05, 4.69) is 43.0 Å². The summed E-state index contributed by atoms with van der Waals surface area (Å²) in [4.78, 5) is 30.9. The number of carboxylic acid groups (broad SMARTS) is 1. The number of carbonyl (C=O) groups is 2. The molecular formula is C18H21N3O3. The van der Waals surface area contributed by atoms with E-state index in [0.717, 1.165) is 23.0 Å². The highest BCUT2D eigenvalue weighted by molar-refractivity contribution is 6.03. The standard InChI is InChI=1S/C18H21N3O3/c1-10(2)12-6-5-7-13(11(3)4)16(12)21-17(22)14-8-20-15(9-19-14)18(23)24/h5-11H,1-4H3,(H,21,22)(H,23,24). The number of rotatable bonds is 5. The maximum Gasteiger partial charge on any atom is 0.356 e. The lowest BCUT2D eigenvalue weighted by molar-refractivity contribution is 0.0689. The molecule has 0 aliphatic heterocycles. The Morgan fingerprint density at radius 2 is 1.46 bits per heavy atom. The zero-order valence-electron chi connectivity index (χ0n) is 14.2. The summed E-state index contributed by atoms with van der Waals surface area (Å²) in [5.74, 6) is -1.09. The number of carboxylic acids is 1. The van der Waals surface area contributed by atoms with Gasteiger partial charge in [-0.2, -0.15) is 0 Å². The zero-order valence-corrected chi connectivity index (χ0v) is 14.2. The molecule has 0 radical (unpaired) electrons. The van der Waals surface area contributed by atoms with Crippen molar-refractivity contribution < 1.29 is 14.7 Å². The normalized spacial score (nSPS) is 10.9. The van der Waals surface area contributed by atoms with Crippen LogP contribution >= 0.6 is 0 Å². The molecule has 1 amide bonds. The van der Waals surface area contributed by atoms with Crippen molar-refractivity contribution in [2.24, 2.45) is 0 Å². The van der Waals surface area contributed by atoms with Crippen LogP contribution in [-0.2, 0) is 0 Å². The number of hydrogen-bond acceptors (Lipinski definition) is 4. The molecule has 1 aromatic carbocycles. The van der Waals surface area contributed by atoms with Crippen molar-refractivity contribution in [3.05, 3.63) is 53.1 Å². The average Bonchev–Trinajstić information content (AvgIpc) is 2.54. The molecule has 0 bridgehead atoms. The third-order valence-corrected chi connectivity index (χ3v) is 3.72. The van der Waals surface area contributed by atoms with Crippen molar-refractivity contribution in [2.75, 3.05) is 5.32 Å². The number of anilines is 1. The van der Waals surface area contributed by atoms with Gasteiger partial charge in [-0.1, -0.05) is 45.9 Å². The van der Waals surface area contributed by atoms with Gasteiger partial charge in [0, 0.05) is 5.69 Å². The number of hydrogen-bond donors (Lipinski definition) is 2. The van der Waals surface area contributed by atoms with E-state index in [-0.39, 0.29) is 23.2 Å². The molecule has 2 rings (SSSR count). The van der Waals surface area contributed by atoms with Crippen LogP contribution < -0.4 is 5.32 Å². The van der Waals surface area contributed by atoms with Gasteiger partial charge in [-0.15, -0.1) is 0 Å². The van der Waals surface area contributed by atoms with Gasteiger partial charge in [-0.25, -0.2) is 14.8 Å². The van der Waals surface area contributed by atoms with Gasteiger partial charge in [0.25, 0.3) is 5.91 Å². The quantitative estimate of drug-likeness (QED) is 0.874. The number of para-hydroxylation sites is 1. The molecule has 6 heteroatoms. The maximum absolute atomic E-state index is 12.5. The Bertz CT molecular complexity index is 726. The lowest BCUT2D eigenvalue weighted by Crippen LogP contribution is -2.18. The van der Waals surface area contributed by atoms with Crippen molar-refractivity contribution in [3.8, 4) is 0 Å². The van der Waals surface area contributed by atoms with Gasteiger partial charge in [0.2, 0.25) is 0 Å². The Morgan fingerprint density at radius 3 is 1.88 bits per heavy atom. The van der Waals surface area contributed by atoms with E-state index >= 15 is 0 Å². The fraction of sp³-hybridized carbons (Fsp3) is 0.333. The summed E-state index contributed by atoms with van der Waals surface area (Å²) >= 11 is 0. The molecule has 1 aromatic heterocycles. The lowest BCUT2D eigenvalue weighted by Gasteiger charge is -2.20. The summed E-state index contributed by atoms with van der Waals surface area (Å²) in [6, 6.07) is 5.97. The second-order valence-electron chi connectivity index (χ2n) is 6.17. The number of amides is 1. The summed E-state index contributed by atoms with van der Waals surface area (Å²) < 4.78 is 0. The number of nitrogens with zero attached hydrogens (tertiary/aromatic N) is 2. The minimum Gasteiger partial charge on any atom is -0.476 e. The molecule has 2 aromatic rings. The van der Waals surface area contributed by atoms with Gasteiger partial charge in [0.1, 0.15) is 5.69 Å². The molecule has 0 saturated carbocycles. The first kappa shape index (κ1) is 17.6. The minimum absolute atomic E-state index is 0.0771. The summed E-state index contributed by atoms with van der Waals surface area (Å²) in [5.41, 5.74) is 2.76. The molecule has 0 spiro atoms. The van der Waals surface area contributed by atoms with Gasteiger partial charge in [0.15, 0.2) is 5.69 Å². The molecule has 24 heavy (non-hydrogen) atoms. The van der Waals surface area contributed by atoms with Gasteiger partial charge < -0.3 is 10.4 Å². The summed E-state index contributed by atoms with van der Waals surface area (Å²) in [6.45, 7) is 8.26. The third kappa shape index (κ3) is 3.76. The molecule has 0 atom stereocenters. The van der Waals surface area contributed by atoms with E-state index in [1.54, 1.807) is 0 Å². The van der Waals surface area contributed by atoms with Crippen LogP contribution in [0.3, 0.4) is 0 Å². The van der Waals surface area contributed by atoms with E-state index in [0.29, 0.717) is 0 Å². The van der Waals surface area contributed by atoms with Crippen LogP contribution in [0.4, 0.5) is 5.69 Å². The highest BCUT2D eigenvalue weighted by atomic mass is 16.4. The maximum atomic E-state index is 12.5. The van der Waals surface area contributed by atoms with Crippen LogP contribution in [0.15, 0.2) is 30.6 Å². The number of nitrogens with one attached hydrogen (secondary N) is 1. The molecule has 6 nitrogen and oxygen atoms in total. The Kier molecular flexibility index (Phi) is 5.28. The summed E-state index contributed by atoms with van der Waals surface area (Å²) in [6.07, 6.45) is 2.25. The summed E-state index contributed by atoms with van der Waals surface area (Å²) in [5, 5.41) is 11.8. The Labute approximate surface area is 141 Å². The Morgan fingerprint density at radius 1 is 0.958 bits per heavy atom. The first-order chi connectivity index (χ1) is 11.3. The number of aromatic carboxylic acids is 1. The van der Waals surface area contributed by atoms with Crippen molar-refractivity contribution >= 4 is 17.6 Å². The molecule has 0 aliphatic rings. The van der Waals surface area contributed by atoms with E-state index in [1.807, 2.05) is 18.2 Å². The van der Waals surface area contributed by atoms with E-state index in [1.165, 1.54) is 6.20 Å². The second-order valence-corrected chi connectivity index (χ2v) is 6.17. The van der Waals surface area contributed by atoms with Crippen molar-refractivity contribution in [1.82, 2.24) is 9.97 Å². The number of benzene rings is 1. The zero-order chi connectivity index (χ0) is 17.9. The Balaban J connectivity index is 2.35. The highest BCUT2D eigenvalue weighted by Gasteiger charge is 2.18. The highest BCUT2D eigenvalue weighted by Crippen LogP contribution is 2.32. The fourth-order valence-electron chi connectivity index (χ4n) is 2.43. The van der Waals surface area contributed by atoms with Gasteiger partial charge in [0.05, 0.1) is 12.4 Å². The molecule has 0 aliphatic carbocycles. The van der Waals surface area contributed by atoms with Crippen LogP contribution in [0.1, 0.15) is 71.6 Å². The Hall–Kier alpha value is -2.76. The largest absolute Gasteiger partial charge is 0.476 e. The van der Waals surface area contributed by atoms with Gasteiger partial charge >= 0.3 is 5.97 Å². The smallest absolute Gasteiger partial charge is 0.356 e. The van der Waals surface area contributed by atoms with Crippen molar-refractivity contribution in [2.45, 2.75) is 39.5 Å². The number of aromatic nitrogens is 2. The van der Waals surface area contributed by atoms with Crippen LogP contribution in [0.5, 0.6) is 0 Å². The lowest BCUT2D eigenvalue weighted by atomic mass is 9.92. The fourth-order valence-corrected chi connectivity index (χ4v) is 2.43. The van der Waals surface area contributed by atoms with E-state index in [4.69, 9.17) is 5.11 Å². The number of carbonyl (C=O) groups excluding carboxylic acids is 1. The van der Waals surface area contributed by atoms with E-state index < -0.39 is 11.9 Å². The van der Waals surface area contributed by atoms with Gasteiger partial charge in [-0.3, -0.25) is 4.79 Å². The monoisotopic (exact) mass is 327 g/mol. The molecule has 126 valence electrons. The molecule has 0 unspecified atom stereocenters. The molecule has 0 fully saturated rings. The molecule has 0 saturated heterocycles. The predicted octanol–water partition coefficient (Wildman–Crippen LogP) is 3.67. The predicted molar refractivity (Wildman–Crippen MR) is 91.6 cm³/mol. The SMILES string of the molecule is CC(C)c1cccc(C(C)C)c1NC(=O)c1cnc(C(=O)O)cn1. The van der Waals surface area contributed by atoms with Crippen LogP contribution in [0, 0.1) is 0 Å². The van der Waals surface area contributed by atoms with Crippen LogP contribution in [0.2, 0.25) is 0 Å². The molecular weight excluding hydrogens is 306 g/mol. The second kappa shape index (κ2) is 7.21. The molecule has 1 heterocycles. The van der Waals surface area contributed by atoms with Gasteiger partial charge in [-0.05, 0) is 23.0 Å². The van der Waals surface area contributed by atoms with Crippen LogP contribution in [0.25, 0.3) is 0 Å². The average molecular weight is 327 g/mol. The van der Waals surface area contributed by atoms with Crippen LogP contribution in [-0.4, -0.2) is 27.0 Å². The van der Waals surface area contributed by atoms with Crippen molar-refractivity contribution in [1.29, 1.82) is 0 Å². The third-order valence-electron chi connectivity index (χ3n) is 3.72. The minimum atomic E-state index is -1.18. The van der Waals surface area contributed by atoms with Crippen molar-refractivity contribution in [3.63, 3.8) is 0 Å². The van der Waals surface area contributed by atoms with E-state index in [9.17, 15) is 9.59 Å².